The molecule has 0 aromatic heterocycles. The molecule has 0 aromatic rings. The highest BCUT2D eigenvalue weighted by Gasteiger charge is 2.23. The summed E-state index contributed by atoms with van der Waals surface area (Å²) in [6.45, 7) is 9.88. The minimum absolute atomic E-state index is 0.194. The van der Waals surface area contributed by atoms with Crippen molar-refractivity contribution in [1.29, 1.82) is 0 Å². The fourth-order valence-corrected chi connectivity index (χ4v) is 13.7. The van der Waals surface area contributed by atoms with Gasteiger partial charge in [-0.05, 0) is 51.3 Å². The number of hydrogen-bond donors (Lipinski definition) is 0. The normalized spacial score (nSPS) is 11.9. The fraction of sp³-hybridized carbons (Fsp3) is 1.00. The molecule has 0 rings (SSSR count). The lowest BCUT2D eigenvalue weighted by Crippen LogP contribution is -1.94. The Labute approximate surface area is 162 Å². The van der Waals surface area contributed by atoms with Gasteiger partial charge in [-0.1, -0.05) is 22.8 Å². The summed E-state index contributed by atoms with van der Waals surface area (Å²) in [5.74, 6) is 0. The molecule has 0 bridgehead atoms. The van der Waals surface area contributed by atoms with Crippen molar-refractivity contribution in [3.05, 3.63) is 0 Å². The van der Waals surface area contributed by atoms with E-state index in [1.54, 1.807) is 0 Å². The second-order valence-corrected chi connectivity index (χ2v) is 16.8. The van der Waals surface area contributed by atoms with Crippen LogP contribution < -0.4 is 0 Å². The van der Waals surface area contributed by atoms with Gasteiger partial charge in [0, 0.05) is 0 Å². The number of hydrogen-bond acceptors (Lipinski definition) is 8. The summed E-state index contributed by atoms with van der Waals surface area (Å²) in [4.78, 5) is 0. The first-order valence-corrected chi connectivity index (χ1v) is 16.1. The largest absolute Gasteiger partial charge is 0.322 e. The molecule has 0 radical (unpaired) electrons. The van der Waals surface area contributed by atoms with Crippen LogP contribution in [-0.4, -0.2) is 36.9 Å². The molecule has 0 fully saturated rings. The van der Waals surface area contributed by atoms with Crippen LogP contribution >= 0.6 is 57.4 Å². The molecule has 0 spiro atoms. The van der Waals surface area contributed by atoms with Crippen LogP contribution in [0, 0.1) is 0 Å². The third-order valence-corrected chi connectivity index (χ3v) is 13.6. The van der Waals surface area contributed by atoms with E-state index in [1.165, 1.54) is 22.8 Å². The average Bonchev–Trinajstić information content (AvgIpc) is 2.40. The van der Waals surface area contributed by atoms with E-state index in [2.05, 4.69) is 0 Å². The molecule has 22 heavy (non-hydrogen) atoms. The maximum absolute atomic E-state index is 5.55. The van der Waals surface area contributed by atoms with Gasteiger partial charge in [-0.25, -0.2) is 0 Å². The summed E-state index contributed by atoms with van der Waals surface area (Å²) in [7, 11) is 0. The molecule has 0 aliphatic carbocycles. The van der Waals surface area contributed by atoms with Crippen molar-refractivity contribution >= 4 is 81.0 Å². The lowest BCUT2D eigenvalue weighted by molar-refractivity contribution is 0.280. The molecule has 12 heteroatoms. The molecule has 0 aliphatic rings. The van der Waals surface area contributed by atoms with Crippen LogP contribution in [0.1, 0.15) is 27.7 Å². The van der Waals surface area contributed by atoms with Gasteiger partial charge >= 0.3 is 0 Å². The molecule has 0 atom stereocenters. The van der Waals surface area contributed by atoms with Gasteiger partial charge in [0.2, 0.25) is 11.4 Å². The van der Waals surface area contributed by atoms with Crippen molar-refractivity contribution in [3.8, 4) is 0 Å². The van der Waals surface area contributed by atoms with Gasteiger partial charge in [0.15, 0.2) is 0 Å². The third-order valence-electron chi connectivity index (χ3n) is 1.57. The first-order valence-electron chi connectivity index (χ1n) is 6.56. The third kappa shape index (κ3) is 14.7. The predicted molar refractivity (Wildman–Crippen MR) is 112 cm³/mol. The van der Waals surface area contributed by atoms with Gasteiger partial charge in [0.1, 0.15) is 0 Å². The van der Waals surface area contributed by atoms with E-state index in [9.17, 15) is 0 Å². The minimum atomic E-state index is -2.25. The molecule has 0 aliphatic heterocycles. The van der Waals surface area contributed by atoms with Gasteiger partial charge in [-0.15, -0.1) is 23.2 Å². The Morgan fingerprint density at radius 2 is 0.955 bits per heavy atom. The molecule has 0 unspecified atom stereocenters. The molecule has 136 valence electrons. The molecular weight excluding hydrogens is 445 g/mol. The molecule has 0 N–H and O–H groups in total. The second-order valence-electron chi connectivity index (χ2n) is 3.04. The molecule has 4 nitrogen and oxygen atoms in total. The zero-order valence-electron chi connectivity index (χ0n) is 13.2. The van der Waals surface area contributed by atoms with Crippen molar-refractivity contribution in [3.63, 3.8) is 0 Å². The van der Waals surface area contributed by atoms with Gasteiger partial charge < -0.3 is 18.1 Å². The van der Waals surface area contributed by atoms with Gasteiger partial charge in [-0.2, -0.15) is 0 Å². The second kappa shape index (κ2) is 16.9. The molecule has 0 saturated carbocycles. The Balaban J connectivity index is 0. The van der Waals surface area contributed by atoms with Gasteiger partial charge in [-0.3, -0.25) is 0 Å². The summed E-state index contributed by atoms with van der Waals surface area (Å²) in [5.41, 5.74) is -4.51. The number of rotatable bonds is 12. The predicted octanol–water partition coefficient (Wildman–Crippen LogP) is 6.43. The standard InChI is InChI=1S/C9H22O4P2S4.CH2Cl2/c1-5-10-14(16,11-6-2)18-9-19-15(17,12-7-3)13-8-4;2-1-3/h5-9H2,1-4H3;1H2. The molecular formula is C10H24Cl2O4P2S4. The number of halogens is 2. The fourth-order valence-electron chi connectivity index (χ4n) is 1.01. The first kappa shape index (κ1) is 26.6. The first-order chi connectivity index (χ1) is 10.4. The lowest BCUT2D eigenvalue weighted by atomic mass is 10.9. The Morgan fingerprint density at radius 3 is 1.14 bits per heavy atom. The van der Waals surface area contributed by atoms with Crippen molar-refractivity contribution in [2.75, 3.05) is 36.9 Å². The summed E-state index contributed by atoms with van der Waals surface area (Å²) in [6, 6.07) is 0. The average molecular weight is 469 g/mol. The Hall–Kier alpha value is 2.42. The monoisotopic (exact) mass is 468 g/mol. The Bertz CT molecular complexity index is 303. The van der Waals surface area contributed by atoms with Crippen molar-refractivity contribution in [1.82, 2.24) is 0 Å². The highest BCUT2D eigenvalue weighted by atomic mass is 35.5. The van der Waals surface area contributed by atoms with Crippen molar-refractivity contribution in [2.45, 2.75) is 27.7 Å². The van der Waals surface area contributed by atoms with E-state index in [0.717, 1.165) is 0 Å². The van der Waals surface area contributed by atoms with E-state index in [4.69, 9.17) is 64.9 Å². The molecule has 0 heterocycles. The minimum Gasteiger partial charge on any atom is -0.322 e. The van der Waals surface area contributed by atoms with E-state index in [-0.39, 0.29) is 5.34 Å². The topological polar surface area (TPSA) is 36.9 Å². The zero-order valence-corrected chi connectivity index (χ0v) is 19.7. The molecule has 0 saturated heterocycles. The summed E-state index contributed by atoms with van der Waals surface area (Å²) < 4.78 is 22.2. The summed E-state index contributed by atoms with van der Waals surface area (Å²) in [5, 5.41) is 0.856. The quantitative estimate of drug-likeness (QED) is 0.184. The van der Waals surface area contributed by atoms with E-state index < -0.39 is 11.4 Å². The Morgan fingerprint density at radius 1 is 0.727 bits per heavy atom. The zero-order chi connectivity index (χ0) is 17.5. The van der Waals surface area contributed by atoms with Crippen LogP contribution in [-0.2, 0) is 41.7 Å². The van der Waals surface area contributed by atoms with Crippen LogP contribution in [0.3, 0.4) is 0 Å². The Kier molecular flexibility index (Phi) is 20.4. The highest BCUT2D eigenvalue weighted by molar-refractivity contribution is 8.76. The van der Waals surface area contributed by atoms with Crippen LogP contribution in [0.25, 0.3) is 0 Å². The number of alkyl halides is 2. The maximum Gasteiger partial charge on any atom is 0.248 e. The summed E-state index contributed by atoms with van der Waals surface area (Å²) in [6.07, 6.45) is 0. The van der Waals surface area contributed by atoms with Crippen LogP contribution in [0.5, 0.6) is 0 Å². The van der Waals surface area contributed by atoms with Crippen LogP contribution in [0.4, 0.5) is 0 Å². The molecule has 0 amide bonds. The lowest BCUT2D eigenvalue weighted by Gasteiger charge is -2.23. The smallest absolute Gasteiger partial charge is 0.248 e. The summed E-state index contributed by atoms with van der Waals surface area (Å²) >= 11 is 23.4. The SMILES string of the molecule is CCOP(=S)(OCC)SCSP(=S)(OCC)OCC.ClCCl. The van der Waals surface area contributed by atoms with E-state index >= 15 is 0 Å². The van der Waals surface area contributed by atoms with Crippen molar-refractivity contribution < 1.29 is 18.1 Å². The van der Waals surface area contributed by atoms with Crippen LogP contribution in [0.15, 0.2) is 0 Å². The molecule has 0 aromatic carbocycles. The van der Waals surface area contributed by atoms with Crippen molar-refractivity contribution in [2.24, 2.45) is 0 Å². The van der Waals surface area contributed by atoms with Gasteiger partial charge in [0.05, 0.1) is 36.9 Å². The van der Waals surface area contributed by atoms with E-state index in [1.807, 2.05) is 27.7 Å². The van der Waals surface area contributed by atoms with E-state index in [0.29, 0.717) is 31.5 Å². The van der Waals surface area contributed by atoms with Gasteiger partial charge in [0.25, 0.3) is 0 Å². The maximum atomic E-state index is 5.55. The highest BCUT2D eigenvalue weighted by Crippen LogP contribution is 2.67. The van der Waals surface area contributed by atoms with Crippen LogP contribution in [0.2, 0.25) is 0 Å².